The number of aryl methyl sites for hydroxylation is 2. The van der Waals surface area contributed by atoms with E-state index in [-0.39, 0.29) is 11.8 Å². The van der Waals surface area contributed by atoms with E-state index in [1.165, 1.54) is 5.56 Å². The number of aromatic amines is 1. The third-order valence-corrected chi connectivity index (χ3v) is 5.26. The first-order valence-corrected chi connectivity index (χ1v) is 9.86. The number of amides is 1. The molecule has 4 rings (SSSR count). The molecule has 0 saturated carbocycles. The number of nitrogens with one attached hydrogen (secondary N) is 1. The number of hydrogen-bond donors (Lipinski definition) is 1. The molecule has 2 aromatic heterocycles. The first-order chi connectivity index (χ1) is 13.7. The molecule has 3 heterocycles. The number of imidazole rings is 1. The Balaban J connectivity index is 1.44. The summed E-state index contributed by atoms with van der Waals surface area (Å²) >= 11 is 0. The minimum atomic E-state index is 0.227. The summed E-state index contributed by atoms with van der Waals surface area (Å²) in [6.07, 6.45) is 6.89. The summed E-state index contributed by atoms with van der Waals surface area (Å²) in [4.78, 5) is 31.3. The van der Waals surface area contributed by atoms with Gasteiger partial charge in [0, 0.05) is 43.5 Å². The zero-order chi connectivity index (χ0) is 19.3. The molecule has 1 fully saturated rings. The predicted octanol–water partition coefficient (Wildman–Crippen LogP) is 3.51. The standard InChI is InChI=1S/C22H25N5O/c1-16-25-19(14-20(26-16)22-23-11-12-24-22)18-8-5-13-27(15-18)21(28)10-9-17-6-3-2-4-7-17/h2-4,6-7,11-12,14,18H,5,8-10,13,15H2,1H3,(H,23,24)/t18-/m1/s1. The summed E-state index contributed by atoms with van der Waals surface area (Å²) < 4.78 is 0. The Labute approximate surface area is 165 Å². The lowest BCUT2D eigenvalue weighted by Gasteiger charge is -2.32. The van der Waals surface area contributed by atoms with Crippen LogP contribution in [0.3, 0.4) is 0 Å². The van der Waals surface area contributed by atoms with Gasteiger partial charge in [-0.3, -0.25) is 4.79 Å². The monoisotopic (exact) mass is 375 g/mol. The molecule has 0 spiro atoms. The maximum Gasteiger partial charge on any atom is 0.222 e. The molecule has 1 saturated heterocycles. The molecule has 6 heteroatoms. The summed E-state index contributed by atoms with van der Waals surface area (Å²) in [7, 11) is 0. The highest BCUT2D eigenvalue weighted by Crippen LogP contribution is 2.28. The molecule has 0 aliphatic carbocycles. The number of hydrogen-bond acceptors (Lipinski definition) is 4. The molecule has 0 unspecified atom stereocenters. The molecule has 1 amide bonds. The Kier molecular flexibility index (Phi) is 5.46. The Hall–Kier alpha value is -3.02. The fourth-order valence-electron chi connectivity index (χ4n) is 3.83. The Bertz CT molecular complexity index is 923. The van der Waals surface area contributed by atoms with Crippen molar-refractivity contribution in [3.63, 3.8) is 0 Å². The summed E-state index contributed by atoms with van der Waals surface area (Å²) in [6.45, 7) is 3.46. The van der Waals surface area contributed by atoms with Gasteiger partial charge in [-0.25, -0.2) is 15.0 Å². The Morgan fingerprint density at radius 3 is 2.89 bits per heavy atom. The van der Waals surface area contributed by atoms with Gasteiger partial charge < -0.3 is 9.88 Å². The number of H-pyrrole nitrogens is 1. The van der Waals surface area contributed by atoms with Crippen LogP contribution in [0.1, 0.15) is 42.3 Å². The summed E-state index contributed by atoms with van der Waals surface area (Å²) in [5.74, 6) is 1.95. The molecular formula is C22H25N5O. The molecule has 28 heavy (non-hydrogen) atoms. The van der Waals surface area contributed by atoms with Gasteiger partial charge in [-0.15, -0.1) is 0 Å². The van der Waals surface area contributed by atoms with Crippen molar-refractivity contribution in [3.05, 3.63) is 65.9 Å². The second kappa shape index (κ2) is 8.33. The molecule has 1 aliphatic rings. The van der Waals surface area contributed by atoms with E-state index >= 15 is 0 Å². The zero-order valence-corrected chi connectivity index (χ0v) is 16.1. The second-order valence-electron chi connectivity index (χ2n) is 7.33. The lowest BCUT2D eigenvalue weighted by atomic mass is 9.93. The van der Waals surface area contributed by atoms with Crippen molar-refractivity contribution in [2.24, 2.45) is 0 Å². The summed E-state index contributed by atoms with van der Waals surface area (Å²) in [6, 6.07) is 12.2. The van der Waals surface area contributed by atoms with E-state index < -0.39 is 0 Å². The van der Waals surface area contributed by atoms with Crippen LogP contribution < -0.4 is 0 Å². The molecule has 6 nitrogen and oxygen atoms in total. The van der Waals surface area contributed by atoms with Gasteiger partial charge in [-0.2, -0.15) is 0 Å². The van der Waals surface area contributed by atoms with E-state index in [4.69, 9.17) is 0 Å². The van der Waals surface area contributed by atoms with Crippen LogP contribution in [0.5, 0.6) is 0 Å². The van der Waals surface area contributed by atoms with Gasteiger partial charge in [-0.1, -0.05) is 30.3 Å². The molecule has 0 bridgehead atoms. The molecule has 1 N–H and O–H groups in total. The van der Waals surface area contributed by atoms with Crippen molar-refractivity contribution in [3.8, 4) is 11.5 Å². The first-order valence-electron chi connectivity index (χ1n) is 9.86. The van der Waals surface area contributed by atoms with E-state index in [1.54, 1.807) is 12.4 Å². The van der Waals surface area contributed by atoms with Crippen molar-refractivity contribution >= 4 is 5.91 Å². The average molecular weight is 375 g/mol. The molecule has 1 aromatic carbocycles. The van der Waals surface area contributed by atoms with Crippen molar-refractivity contribution in [2.45, 2.75) is 38.5 Å². The minimum absolute atomic E-state index is 0.227. The zero-order valence-electron chi connectivity index (χ0n) is 16.1. The number of likely N-dealkylation sites (tertiary alicyclic amines) is 1. The van der Waals surface area contributed by atoms with Crippen LogP contribution in [0.15, 0.2) is 48.8 Å². The van der Waals surface area contributed by atoms with Crippen molar-refractivity contribution in [1.82, 2.24) is 24.8 Å². The highest BCUT2D eigenvalue weighted by Gasteiger charge is 2.26. The van der Waals surface area contributed by atoms with Gasteiger partial charge in [0.05, 0.1) is 0 Å². The summed E-state index contributed by atoms with van der Waals surface area (Å²) in [5, 5.41) is 0. The van der Waals surface area contributed by atoms with Gasteiger partial charge in [0.15, 0.2) is 5.82 Å². The number of aromatic nitrogens is 4. The lowest BCUT2D eigenvalue weighted by Crippen LogP contribution is -2.39. The number of rotatable bonds is 5. The number of benzene rings is 1. The van der Waals surface area contributed by atoms with Crippen LogP contribution >= 0.6 is 0 Å². The van der Waals surface area contributed by atoms with Gasteiger partial charge in [0.1, 0.15) is 11.5 Å². The molecule has 1 atom stereocenters. The molecule has 3 aromatic rings. The molecule has 144 valence electrons. The van der Waals surface area contributed by atoms with Crippen LogP contribution in [0, 0.1) is 6.92 Å². The maximum atomic E-state index is 12.7. The minimum Gasteiger partial charge on any atom is -0.343 e. The van der Waals surface area contributed by atoms with E-state index in [0.717, 1.165) is 55.4 Å². The number of nitrogens with zero attached hydrogens (tertiary/aromatic N) is 4. The van der Waals surface area contributed by atoms with Crippen molar-refractivity contribution in [1.29, 1.82) is 0 Å². The average Bonchev–Trinajstić information content (AvgIpc) is 3.27. The van der Waals surface area contributed by atoms with Crippen molar-refractivity contribution in [2.75, 3.05) is 13.1 Å². The number of carbonyl (C=O) groups excluding carboxylic acids is 1. The molecule has 0 radical (unpaired) electrons. The largest absolute Gasteiger partial charge is 0.343 e. The molecule has 1 aliphatic heterocycles. The van der Waals surface area contributed by atoms with Gasteiger partial charge in [-0.05, 0) is 37.8 Å². The fraction of sp³-hybridized carbons (Fsp3) is 0.364. The highest BCUT2D eigenvalue weighted by molar-refractivity contribution is 5.76. The third-order valence-electron chi connectivity index (χ3n) is 5.26. The SMILES string of the molecule is Cc1nc(-c2ncc[nH]2)cc([C@@H]2CCCN(C(=O)CCc3ccccc3)C2)n1. The highest BCUT2D eigenvalue weighted by atomic mass is 16.2. The van der Waals surface area contributed by atoms with E-state index in [1.807, 2.05) is 36.1 Å². The van der Waals surface area contributed by atoms with E-state index in [2.05, 4.69) is 32.1 Å². The second-order valence-corrected chi connectivity index (χ2v) is 7.33. The van der Waals surface area contributed by atoms with Crippen molar-refractivity contribution < 1.29 is 4.79 Å². The predicted molar refractivity (Wildman–Crippen MR) is 108 cm³/mol. The van der Waals surface area contributed by atoms with Crippen LogP contribution in [0.2, 0.25) is 0 Å². The van der Waals surface area contributed by atoms with E-state index in [9.17, 15) is 4.79 Å². The Morgan fingerprint density at radius 2 is 2.11 bits per heavy atom. The van der Waals surface area contributed by atoms with Gasteiger partial charge >= 0.3 is 0 Å². The van der Waals surface area contributed by atoms with Gasteiger partial charge in [0.2, 0.25) is 5.91 Å². The first kappa shape index (κ1) is 18.3. The van der Waals surface area contributed by atoms with Crippen LogP contribution in [0.4, 0.5) is 0 Å². The van der Waals surface area contributed by atoms with Crippen LogP contribution in [-0.4, -0.2) is 43.8 Å². The quantitative estimate of drug-likeness (QED) is 0.740. The fourth-order valence-corrected chi connectivity index (χ4v) is 3.83. The lowest BCUT2D eigenvalue weighted by molar-refractivity contribution is -0.132. The normalized spacial score (nSPS) is 16.9. The summed E-state index contributed by atoms with van der Waals surface area (Å²) in [5.41, 5.74) is 3.01. The topological polar surface area (TPSA) is 74.8 Å². The number of piperidine rings is 1. The Morgan fingerprint density at radius 1 is 1.25 bits per heavy atom. The maximum absolute atomic E-state index is 12.7. The number of carbonyl (C=O) groups is 1. The van der Waals surface area contributed by atoms with Crippen LogP contribution in [-0.2, 0) is 11.2 Å². The van der Waals surface area contributed by atoms with E-state index in [0.29, 0.717) is 6.42 Å². The molecular weight excluding hydrogens is 350 g/mol. The third kappa shape index (κ3) is 4.27. The van der Waals surface area contributed by atoms with Crippen LogP contribution in [0.25, 0.3) is 11.5 Å². The van der Waals surface area contributed by atoms with Gasteiger partial charge in [0.25, 0.3) is 0 Å². The smallest absolute Gasteiger partial charge is 0.222 e.